The van der Waals surface area contributed by atoms with Gasteiger partial charge in [0, 0.05) is 0 Å². The number of aryl methyl sites for hydroxylation is 1. The number of nitriles is 1. The smallest absolute Gasteiger partial charge is 0.339 e. The lowest BCUT2D eigenvalue weighted by atomic mass is 10.1. The van der Waals surface area contributed by atoms with E-state index in [4.69, 9.17) is 13.7 Å². The van der Waals surface area contributed by atoms with Crippen molar-refractivity contribution in [3.05, 3.63) is 85.0 Å². The predicted octanol–water partition coefficient (Wildman–Crippen LogP) is 4.84. The summed E-state index contributed by atoms with van der Waals surface area (Å²) in [7, 11) is -1.52. The quantitative estimate of drug-likeness (QED) is 0.0856. The molecule has 0 aliphatic heterocycles. The molecule has 13 heteroatoms. The number of carbonyl (C=O) groups excluding carboxylic acids is 1. The lowest BCUT2D eigenvalue weighted by molar-refractivity contribution is -0.384. The molecule has 0 aromatic heterocycles. The minimum Gasteiger partial charge on any atom is -0.496 e. The maximum absolute atomic E-state index is 12.8. The van der Waals surface area contributed by atoms with Crippen LogP contribution in [0.4, 0.5) is 11.4 Å². The average Bonchev–Trinajstić information content (AvgIpc) is 2.88. The number of methoxy groups -OCH3 is 2. The molecule has 0 saturated heterocycles. The van der Waals surface area contributed by atoms with E-state index in [1.807, 2.05) is 29.5 Å². The van der Waals surface area contributed by atoms with Gasteiger partial charge >= 0.3 is 10.1 Å². The van der Waals surface area contributed by atoms with Gasteiger partial charge in [0.1, 0.15) is 28.0 Å². The summed E-state index contributed by atoms with van der Waals surface area (Å²) >= 11 is 1.84. The van der Waals surface area contributed by atoms with E-state index in [-0.39, 0.29) is 33.4 Å². The number of anilines is 1. The van der Waals surface area contributed by atoms with Crippen LogP contribution in [0.15, 0.2) is 65.1 Å². The molecule has 1 amide bonds. The first-order valence-corrected chi connectivity index (χ1v) is 13.1. The molecule has 0 radical (unpaired) electrons. The minimum absolute atomic E-state index is 0.0408. The summed E-state index contributed by atoms with van der Waals surface area (Å²) in [6, 6.07) is 14.6. The number of amides is 1. The zero-order chi connectivity index (χ0) is 28.0. The van der Waals surface area contributed by atoms with Crippen molar-refractivity contribution in [2.45, 2.75) is 11.8 Å². The Balaban J connectivity index is 1.93. The lowest BCUT2D eigenvalue weighted by Gasteiger charge is -2.14. The number of benzene rings is 3. The molecule has 0 heterocycles. The van der Waals surface area contributed by atoms with E-state index in [1.165, 1.54) is 56.7 Å². The van der Waals surface area contributed by atoms with Crippen LogP contribution in [0.1, 0.15) is 11.1 Å². The predicted molar refractivity (Wildman–Crippen MR) is 147 cm³/mol. The van der Waals surface area contributed by atoms with Crippen molar-refractivity contribution in [1.82, 2.24) is 0 Å². The lowest BCUT2D eigenvalue weighted by Crippen LogP contribution is -2.14. The number of hydrogen-bond donors (Lipinski definition) is 1. The van der Waals surface area contributed by atoms with Crippen LogP contribution in [0.2, 0.25) is 0 Å². The first-order valence-electron chi connectivity index (χ1n) is 10.6. The first-order chi connectivity index (χ1) is 18.0. The van der Waals surface area contributed by atoms with E-state index in [1.54, 1.807) is 18.2 Å². The van der Waals surface area contributed by atoms with E-state index >= 15 is 0 Å². The molecule has 0 saturated carbocycles. The number of halogens is 1. The van der Waals surface area contributed by atoms with Crippen molar-refractivity contribution in [2.75, 3.05) is 19.5 Å². The molecule has 0 fully saturated rings. The molecule has 0 aliphatic carbocycles. The van der Waals surface area contributed by atoms with Crippen LogP contribution in [0.3, 0.4) is 0 Å². The number of hydrogen-bond acceptors (Lipinski definition) is 9. The Labute approximate surface area is 232 Å². The van der Waals surface area contributed by atoms with Gasteiger partial charge in [-0.15, -0.1) is 0 Å². The Morgan fingerprint density at radius 2 is 1.79 bits per heavy atom. The number of carbonyl (C=O) groups is 1. The Morgan fingerprint density at radius 3 is 2.37 bits per heavy atom. The second-order valence-corrected chi connectivity index (χ2v) is 10.4. The number of rotatable bonds is 9. The van der Waals surface area contributed by atoms with Gasteiger partial charge in [0.15, 0.2) is 11.5 Å². The van der Waals surface area contributed by atoms with E-state index in [9.17, 15) is 28.6 Å². The molecule has 1 N–H and O–H groups in total. The van der Waals surface area contributed by atoms with Gasteiger partial charge in [-0.05, 0) is 77.6 Å². The standard InChI is InChI=1S/C25H20IN3O8S/c1-15-4-7-19(8-5-15)38(33,34)37-24-20(26)11-16(12-23(24)36-3)10-17(14-27)25(30)28-21-9-6-18(35-2)13-22(21)29(31)32/h4-13H,1-3H3,(H,28,30)/b17-10+. The molecule has 38 heavy (non-hydrogen) atoms. The first kappa shape index (κ1) is 28.4. The molecular formula is C25H20IN3O8S. The second kappa shape index (κ2) is 11.9. The Bertz CT molecular complexity index is 1580. The highest BCUT2D eigenvalue weighted by Crippen LogP contribution is 2.37. The number of ether oxygens (including phenoxy) is 2. The van der Waals surface area contributed by atoms with Crippen LogP contribution < -0.4 is 19.0 Å². The van der Waals surface area contributed by atoms with Crippen molar-refractivity contribution in [1.29, 1.82) is 5.26 Å². The van der Waals surface area contributed by atoms with Crippen LogP contribution in [-0.4, -0.2) is 33.5 Å². The number of nitrogens with zero attached hydrogens (tertiary/aromatic N) is 2. The molecule has 3 aromatic carbocycles. The number of nitro benzene ring substituents is 1. The fourth-order valence-corrected chi connectivity index (χ4v) is 5.01. The Hall–Kier alpha value is -4.16. The summed E-state index contributed by atoms with van der Waals surface area (Å²) in [6.07, 6.45) is 1.23. The van der Waals surface area contributed by atoms with Crippen molar-refractivity contribution in [3.63, 3.8) is 0 Å². The van der Waals surface area contributed by atoms with E-state index in [2.05, 4.69) is 5.32 Å². The maximum Gasteiger partial charge on any atom is 0.339 e. The molecule has 3 aromatic rings. The summed E-state index contributed by atoms with van der Waals surface area (Å²) in [4.78, 5) is 23.4. The van der Waals surface area contributed by atoms with Crippen LogP contribution >= 0.6 is 22.6 Å². The third kappa shape index (κ3) is 6.58. The minimum atomic E-state index is -4.17. The maximum atomic E-state index is 12.8. The highest BCUT2D eigenvalue weighted by Gasteiger charge is 2.23. The largest absolute Gasteiger partial charge is 0.496 e. The molecule has 11 nitrogen and oxygen atoms in total. The molecule has 3 rings (SSSR count). The normalized spacial score (nSPS) is 11.3. The summed E-state index contributed by atoms with van der Waals surface area (Å²) in [6.45, 7) is 1.82. The molecule has 0 bridgehead atoms. The topological polar surface area (TPSA) is 158 Å². The van der Waals surface area contributed by atoms with Gasteiger partial charge in [-0.25, -0.2) is 0 Å². The molecule has 0 atom stereocenters. The van der Waals surface area contributed by atoms with Crippen molar-refractivity contribution in [2.24, 2.45) is 0 Å². The SMILES string of the molecule is COc1ccc(NC(=O)/C(C#N)=C/c2cc(I)c(OS(=O)(=O)c3ccc(C)cc3)c(OC)c2)c([N+](=O)[O-])c1. The van der Waals surface area contributed by atoms with Crippen LogP contribution in [0.5, 0.6) is 17.2 Å². The van der Waals surface area contributed by atoms with E-state index in [0.717, 1.165) is 11.6 Å². The van der Waals surface area contributed by atoms with Gasteiger partial charge in [0.25, 0.3) is 11.6 Å². The average molecular weight is 649 g/mol. The zero-order valence-electron chi connectivity index (χ0n) is 20.2. The van der Waals surface area contributed by atoms with Crippen LogP contribution in [0, 0.1) is 31.9 Å². The van der Waals surface area contributed by atoms with Crippen molar-refractivity contribution < 1.29 is 31.8 Å². The van der Waals surface area contributed by atoms with Gasteiger partial charge in [0.05, 0.1) is 28.8 Å². The zero-order valence-corrected chi connectivity index (χ0v) is 23.2. The van der Waals surface area contributed by atoms with E-state index < -0.39 is 26.6 Å². The van der Waals surface area contributed by atoms with Crippen molar-refractivity contribution in [3.8, 4) is 23.3 Å². The molecule has 196 valence electrons. The highest BCUT2D eigenvalue weighted by atomic mass is 127. The molecule has 0 spiro atoms. The number of nitro groups is 1. The second-order valence-electron chi connectivity index (χ2n) is 7.65. The summed E-state index contributed by atoms with van der Waals surface area (Å²) in [5.74, 6) is -0.693. The molecule has 0 unspecified atom stereocenters. The van der Waals surface area contributed by atoms with Gasteiger partial charge in [-0.1, -0.05) is 17.7 Å². The van der Waals surface area contributed by atoms with Gasteiger partial charge in [0.2, 0.25) is 0 Å². The fraction of sp³-hybridized carbons (Fsp3) is 0.120. The Morgan fingerprint density at radius 1 is 1.11 bits per heavy atom. The molecule has 0 aliphatic rings. The van der Waals surface area contributed by atoms with Gasteiger partial charge in [-0.3, -0.25) is 14.9 Å². The van der Waals surface area contributed by atoms with Gasteiger partial charge in [-0.2, -0.15) is 13.7 Å². The van der Waals surface area contributed by atoms with Crippen LogP contribution in [-0.2, 0) is 14.9 Å². The monoisotopic (exact) mass is 649 g/mol. The third-order valence-electron chi connectivity index (χ3n) is 5.08. The third-order valence-corrected chi connectivity index (χ3v) is 7.12. The molecular weight excluding hydrogens is 629 g/mol. The van der Waals surface area contributed by atoms with Gasteiger partial charge < -0.3 is 19.0 Å². The van der Waals surface area contributed by atoms with Crippen LogP contribution in [0.25, 0.3) is 6.08 Å². The van der Waals surface area contributed by atoms with Crippen molar-refractivity contribution >= 4 is 56.1 Å². The Kier molecular flexibility index (Phi) is 8.92. The summed E-state index contributed by atoms with van der Waals surface area (Å²) in [5, 5.41) is 23.3. The highest BCUT2D eigenvalue weighted by molar-refractivity contribution is 14.1. The van der Waals surface area contributed by atoms with E-state index in [0.29, 0.717) is 9.13 Å². The summed E-state index contributed by atoms with van der Waals surface area (Å²) < 4.78 is 41.5. The fourth-order valence-electron chi connectivity index (χ4n) is 3.17. The summed E-state index contributed by atoms with van der Waals surface area (Å²) in [5.41, 5.74) is 0.295. The number of nitrogens with one attached hydrogen (secondary N) is 1.